The van der Waals surface area contributed by atoms with Crippen LogP contribution in [0.25, 0.3) is 0 Å². The molecule has 0 amide bonds. The van der Waals surface area contributed by atoms with Gasteiger partial charge in [-0.3, -0.25) is 0 Å². The van der Waals surface area contributed by atoms with Crippen molar-refractivity contribution in [1.29, 1.82) is 0 Å². The Morgan fingerprint density at radius 3 is 2.76 bits per heavy atom. The van der Waals surface area contributed by atoms with Crippen molar-refractivity contribution in [3.63, 3.8) is 0 Å². The van der Waals surface area contributed by atoms with Crippen molar-refractivity contribution in [3.05, 3.63) is 0 Å². The Morgan fingerprint density at radius 1 is 1.35 bits per heavy atom. The van der Waals surface area contributed by atoms with Crippen molar-refractivity contribution < 1.29 is 9.84 Å². The van der Waals surface area contributed by atoms with Gasteiger partial charge in [-0.05, 0) is 37.6 Å². The molecule has 1 aliphatic carbocycles. The highest BCUT2D eigenvalue weighted by atomic mass is 16.5. The zero-order valence-corrected chi connectivity index (χ0v) is 11.5. The maximum absolute atomic E-state index is 10.4. The SMILES string of the molecule is CN(CC1CCCC(C)(C)C1O)C1CCOC1. The van der Waals surface area contributed by atoms with E-state index >= 15 is 0 Å². The molecule has 0 spiro atoms. The van der Waals surface area contributed by atoms with Crippen LogP contribution in [0, 0.1) is 11.3 Å². The number of aliphatic hydroxyl groups is 1. The zero-order chi connectivity index (χ0) is 12.5. The molecule has 2 rings (SSSR count). The van der Waals surface area contributed by atoms with Crippen LogP contribution in [0.15, 0.2) is 0 Å². The fraction of sp³-hybridized carbons (Fsp3) is 1.00. The van der Waals surface area contributed by atoms with Crippen LogP contribution in [0.2, 0.25) is 0 Å². The molecular formula is C14H27NO2. The molecular weight excluding hydrogens is 214 g/mol. The minimum absolute atomic E-state index is 0.0932. The third kappa shape index (κ3) is 3.01. The van der Waals surface area contributed by atoms with E-state index in [0.717, 1.165) is 32.6 Å². The number of likely N-dealkylation sites (N-methyl/N-ethyl adjacent to an activating group) is 1. The summed E-state index contributed by atoms with van der Waals surface area (Å²) in [5.41, 5.74) is 0.0932. The average Bonchev–Trinajstić information content (AvgIpc) is 2.78. The highest BCUT2D eigenvalue weighted by Gasteiger charge is 2.38. The van der Waals surface area contributed by atoms with Gasteiger partial charge in [0.15, 0.2) is 0 Å². The van der Waals surface area contributed by atoms with Gasteiger partial charge in [0, 0.05) is 19.2 Å². The number of rotatable bonds is 3. The molecule has 1 N–H and O–H groups in total. The molecule has 0 aromatic rings. The summed E-state index contributed by atoms with van der Waals surface area (Å²) in [6.07, 6.45) is 4.57. The number of aliphatic hydroxyl groups excluding tert-OH is 1. The first kappa shape index (κ1) is 13.3. The van der Waals surface area contributed by atoms with E-state index in [-0.39, 0.29) is 11.5 Å². The monoisotopic (exact) mass is 241 g/mol. The fourth-order valence-electron chi connectivity index (χ4n) is 3.34. The van der Waals surface area contributed by atoms with Crippen molar-refractivity contribution >= 4 is 0 Å². The Morgan fingerprint density at radius 2 is 2.12 bits per heavy atom. The second-order valence-corrected chi connectivity index (χ2v) is 6.54. The first-order chi connectivity index (χ1) is 8.00. The number of nitrogens with zero attached hydrogens (tertiary/aromatic N) is 1. The Labute approximate surface area is 105 Å². The number of hydrogen-bond acceptors (Lipinski definition) is 3. The molecule has 0 bridgehead atoms. The predicted molar refractivity (Wildman–Crippen MR) is 69.0 cm³/mol. The van der Waals surface area contributed by atoms with Gasteiger partial charge in [0.2, 0.25) is 0 Å². The third-order valence-electron chi connectivity index (χ3n) is 4.69. The molecule has 1 heterocycles. The molecule has 3 heteroatoms. The highest BCUT2D eigenvalue weighted by Crippen LogP contribution is 2.39. The Hall–Kier alpha value is -0.120. The average molecular weight is 241 g/mol. The van der Waals surface area contributed by atoms with E-state index in [1.165, 1.54) is 12.8 Å². The van der Waals surface area contributed by atoms with Crippen molar-refractivity contribution in [2.75, 3.05) is 26.8 Å². The van der Waals surface area contributed by atoms with Gasteiger partial charge in [0.05, 0.1) is 12.7 Å². The van der Waals surface area contributed by atoms with E-state index in [9.17, 15) is 5.11 Å². The minimum Gasteiger partial charge on any atom is -0.392 e. The summed E-state index contributed by atoms with van der Waals surface area (Å²) in [5, 5.41) is 10.4. The van der Waals surface area contributed by atoms with Crippen molar-refractivity contribution in [1.82, 2.24) is 4.90 Å². The Bertz CT molecular complexity index is 249. The van der Waals surface area contributed by atoms with Crippen LogP contribution in [0.4, 0.5) is 0 Å². The lowest BCUT2D eigenvalue weighted by Crippen LogP contribution is -2.46. The molecule has 0 aromatic carbocycles. The van der Waals surface area contributed by atoms with Gasteiger partial charge in [-0.1, -0.05) is 20.3 Å². The van der Waals surface area contributed by atoms with E-state index in [0.29, 0.717) is 12.0 Å². The molecule has 0 aromatic heterocycles. The van der Waals surface area contributed by atoms with Crippen LogP contribution in [-0.4, -0.2) is 49.0 Å². The van der Waals surface area contributed by atoms with Gasteiger partial charge in [0.1, 0.15) is 0 Å². The van der Waals surface area contributed by atoms with Gasteiger partial charge in [-0.2, -0.15) is 0 Å². The summed E-state index contributed by atoms with van der Waals surface area (Å²) in [7, 11) is 2.17. The summed E-state index contributed by atoms with van der Waals surface area (Å²) < 4.78 is 5.43. The summed E-state index contributed by atoms with van der Waals surface area (Å²) >= 11 is 0. The molecule has 1 saturated carbocycles. The molecule has 3 unspecified atom stereocenters. The first-order valence-corrected chi connectivity index (χ1v) is 6.97. The van der Waals surface area contributed by atoms with Crippen LogP contribution in [0.1, 0.15) is 39.5 Å². The van der Waals surface area contributed by atoms with Crippen LogP contribution in [-0.2, 0) is 4.74 Å². The van der Waals surface area contributed by atoms with Crippen LogP contribution in [0.5, 0.6) is 0 Å². The largest absolute Gasteiger partial charge is 0.392 e. The van der Waals surface area contributed by atoms with E-state index in [4.69, 9.17) is 4.74 Å². The summed E-state index contributed by atoms with van der Waals surface area (Å²) in [5.74, 6) is 0.435. The molecule has 0 radical (unpaired) electrons. The molecule has 1 aliphatic heterocycles. The zero-order valence-electron chi connectivity index (χ0n) is 11.5. The number of hydrogen-bond donors (Lipinski definition) is 1. The quantitative estimate of drug-likeness (QED) is 0.819. The topological polar surface area (TPSA) is 32.7 Å². The maximum Gasteiger partial charge on any atom is 0.0631 e. The lowest BCUT2D eigenvalue weighted by Gasteiger charge is -2.42. The minimum atomic E-state index is -0.152. The lowest BCUT2D eigenvalue weighted by molar-refractivity contribution is -0.0442. The van der Waals surface area contributed by atoms with Crippen molar-refractivity contribution in [3.8, 4) is 0 Å². The normalized spacial score (nSPS) is 37.6. The molecule has 2 aliphatic rings. The molecule has 3 nitrogen and oxygen atoms in total. The summed E-state index contributed by atoms with van der Waals surface area (Å²) in [6.45, 7) is 7.17. The molecule has 17 heavy (non-hydrogen) atoms. The molecule has 1 saturated heterocycles. The summed E-state index contributed by atoms with van der Waals surface area (Å²) in [4.78, 5) is 2.39. The van der Waals surface area contributed by atoms with Gasteiger partial charge in [-0.15, -0.1) is 0 Å². The standard InChI is InChI=1S/C14H27NO2/c1-14(2)7-4-5-11(13(14)16)9-15(3)12-6-8-17-10-12/h11-13,16H,4-10H2,1-3H3. The van der Waals surface area contributed by atoms with Crippen molar-refractivity contribution in [2.24, 2.45) is 11.3 Å². The molecule has 3 atom stereocenters. The van der Waals surface area contributed by atoms with E-state index < -0.39 is 0 Å². The highest BCUT2D eigenvalue weighted by molar-refractivity contribution is 4.90. The lowest BCUT2D eigenvalue weighted by atomic mass is 9.69. The van der Waals surface area contributed by atoms with Crippen LogP contribution < -0.4 is 0 Å². The van der Waals surface area contributed by atoms with Gasteiger partial charge in [0.25, 0.3) is 0 Å². The second kappa shape index (κ2) is 5.25. The van der Waals surface area contributed by atoms with Gasteiger partial charge >= 0.3 is 0 Å². The van der Waals surface area contributed by atoms with Crippen LogP contribution >= 0.6 is 0 Å². The van der Waals surface area contributed by atoms with E-state index in [1.54, 1.807) is 0 Å². The van der Waals surface area contributed by atoms with Crippen molar-refractivity contribution in [2.45, 2.75) is 51.7 Å². The smallest absolute Gasteiger partial charge is 0.0631 e. The Balaban J connectivity index is 1.89. The summed E-state index contributed by atoms with van der Waals surface area (Å²) in [6, 6.07) is 0.562. The van der Waals surface area contributed by atoms with Crippen LogP contribution in [0.3, 0.4) is 0 Å². The maximum atomic E-state index is 10.4. The first-order valence-electron chi connectivity index (χ1n) is 6.97. The number of ether oxygens (including phenoxy) is 1. The predicted octanol–water partition coefficient (Wildman–Crippen LogP) is 1.89. The van der Waals surface area contributed by atoms with E-state index in [2.05, 4.69) is 25.8 Å². The van der Waals surface area contributed by atoms with E-state index in [1.807, 2.05) is 0 Å². The second-order valence-electron chi connectivity index (χ2n) is 6.54. The third-order valence-corrected chi connectivity index (χ3v) is 4.69. The fourth-order valence-corrected chi connectivity index (χ4v) is 3.34. The Kier molecular flexibility index (Phi) is 4.11. The molecule has 100 valence electrons. The van der Waals surface area contributed by atoms with Gasteiger partial charge < -0.3 is 14.7 Å². The van der Waals surface area contributed by atoms with Gasteiger partial charge in [-0.25, -0.2) is 0 Å². The molecule has 2 fully saturated rings.